The molecule has 0 bridgehead atoms. The Morgan fingerprint density at radius 2 is 1.91 bits per heavy atom. The van der Waals surface area contributed by atoms with E-state index in [9.17, 15) is 9.90 Å². The summed E-state index contributed by atoms with van der Waals surface area (Å²) in [7, 11) is 0. The monoisotopic (exact) mass is 336 g/mol. The van der Waals surface area contributed by atoms with Gasteiger partial charge in [0.25, 0.3) is 0 Å². The molecular formula is C18H25ClN2O2. The van der Waals surface area contributed by atoms with Gasteiger partial charge in [-0.25, -0.2) is 0 Å². The molecule has 1 saturated carbocycles. The highest BCUT2D eigenvalue weighted by Gasteiger charge is 2.41. The quantitative estimate of drug-likeness (QED) is 0.790. The summed E-state index contributed by atoms with van der Waals surface area (Å²) < 4.78 is 0. The summed E-state index contributed by atoms with van der Waals surface area (Å²) >= 11 is 6.00. The number of aliphatic hydroxyl groups excluding tert-OH is 1. The van der Waals surface area contributed by atoms with E-state index < -0.39 is 5.41 Å². The van der Waals surface area contributed by atoms with Crippen LogP contribution in [0.4, 0.5) is 0 Å². The topological polar surface area (TPSA) is 61.4 Å². The van der Waals surface area contributed by atoms with E-state index in [4.69, 9.17) is 11.6 Å². The number of aliphatic hydroxyl groups is 1. The maximum Gasteiger partial charge on any atom is 0.230 e. The molecule has 1 amide bonds. The van der Waals surface area contributed by atoms with Crippen molar-refractivity contribution in [3.8, 4) is 0 Å². The smallest absolute Gasteiger partial charge is 0.230 e. The Hall–Kier alpha value is -1.10. The predicted octanol–water partition coefficient (Wildman–Crippen LogP) is 2.24. The summed E-state index contributed by atoms with van der Waals surface area (Å²) in [5, 5.41) is 16.9. The number of halogens is 1. The Balaban J connectivity index is 1.75. The number of nitrogens with one attached hydrogen (secondary N) is 2. The van der Waals surface area contributed by atoms with E-state index in [1.165, 1.54) is 6.42 Å². The minimum Gasteiger partial charge on any atom is -0.391 e. The van der Waals surface area contributed by atoms with Crippen molar-refractivity contribution in [1.29, 1.82) is 0 Å². The highest BCUT2D eigenvalue weighted by atomic mass is 35.5. The standard InChI is InChI=1S/C18H25ClN2O2/c19-15-6-4-14(5-7-15)18(8-2-1-3-9-18)17(23)21-11-13-10-20-12-16(13)22/h4-7,13,16,20,22H,1-3,8-12H2,(H,21,23). The molecule has 2 aliphatic rings. The van der Waals surface area contributed by atoms with Crippen LogP contribution in [0.25, 0.3) is 0 Å². The molecule has 3 rings (SSSR count). The van der Waals surface area contributed by atoms with E-state index in [2.05, 4.69) is 10.6 Å². The molecule has 1 saturated heterocycles. The summed E-state index contributed by atoms with van der Waals surface area (Å²) in [6.45, 7) is 1.90. The first-order valence-electron chi connectivity index (χ1n) is 8.55. The zero-order valence-corrected chi connectivity index (χ0v) is 14.1. The van der Waals surface area contributed by atoms with Crippen molar-refractivity contribution >= 4 is 17.5 Å². The Bertz CT molecular complexity index is 540. The normalized spacial score (nSPS) is 26.9. The van der Waals surface area contributed by atoms with E-state index >= 15 is 0 Å². The van der Waals surface area contributed by atoms with Gasteiger partial charge < -0.3 is 15.7 Å². The Morgan fingerprint density at radius 1 is 1.22 bits per heavy atom. The van der Waals surface area contributed by atoms with Gasteiger partial charge in [0.15, 0.2) is 0 Å². The molecule has 0 spiro atoms. The summed E-state index contributed by atoms with van der Waals surface area (Å²) in [4.78, 5) is 13.0. The molecule has 1 heterocycles. The second kappa shape index (κ2) is 7.20. The third kappa shape index (κ3) is 3.54. The fourth-order valence-corrected chi connectivity index (χ4v) is 4.02. The summed E-state index contributed by atoms with van der Waals surface area (Å²) in [5.41, 5.74) is 0.615. The van der Waals surface area contributed by atoms with Crippen molar-refractivity contribution in [2.45, 2.75) is 43.6 Å². The maximum atomic E-state index is 13.0. The van der Waals surface area contributed by atoms with Gasteiger partial charge in [-0.2, -0.15) is 0 Å². The highest BCUT2D eigenvalue weighted by Crippen LogP contribution is 2.40. The molecular weight excluding hydrogens is 312 g/mol. The number of benzene rings is 1. The minimum atomic E-state index is -0.445. The second-order valence-corrected chi connectivity index (χ2v) is 7.28. The van der Waals surface area contributed by atoms with Gasteiger partial charge in [0.05, 0.1) is 11.5 Å². The zero-order valence-electron chi connectivity index (χ0n) is 13.4. The molecule has 2 atom stereocenters. The number of carbonyl (C=O) groups excluding carboxylic acids is 1. The van der Waals surface area contributed by atoms with Crippen LogP contribution in [-0.2, 0) is 10.2 Å². The molecule has 2 fully saturated rings. The number of amides is 1. The summed E-state index contributed by atoms with van der Waals surface area (Å²) in [6.07, 6.45) is 4.73. The lowest BCUT2D eigenvalue weighted by atomic mass is 9.68. The van der Waals surface area contributed by atoms with Crippen molar-refractivity contribution in [1.82, 2.24) is 10.6 Å². The zero-order chi connectivity index (χ0) is 16.3. The Morgan fingerprint density at radius 3 is 2.52 bits per heavy atom. The van der Waals surface area contributed by atoms with E-state index in [1.54, 1.807) is 0 Å². The van der Waals surface area contributed by atoms with E-state index in [0.717, 1.165) is 37.8 Å². The van der Waals surface area contributed by atoms with Gasteiger partial charge >= 0.3 is 0 Å². The van der Waals surface area contributed by atoms with Crippen molar-refractivity contribution < 1.29 is 9.90 Å². The first-order valence-corrected chi connectivity index (χ1v) is 8.93. The van der Waals surface area contributed by atoms with Crippen LogP contribution >= 0.6 is 11.6 Å². The maximum absolute atomic E-state index is 13.0. The predicted molar refractivity (Wildman–Crippen MR) is 91.6 cm³/mol. The molecule has 1 aliphatic heterocycles. The lowest BCUT2D eigenvalue weighted by Crippen LogP contribution is -2.48. The lowest BCUT2D eigenvalue weighted by molar-refractivity contribution is -0.128. The summed E-state index contributed by atoms with van der Waals surface area (Å²) in [6, 6.07) is 7.70. The molecule has 1 aliphatic carbocycles. The SMILES string of the molecule is O=C(NCC1CNCC1O)C1(c2ccc(Cl)cc2)CCCCC1. The van der Waals surface area contributed by atoms with Crippen LogP contribution in [0.3, 0.4) is 0 Å². The van der Waals surface area contributed by atoms with Gasteiger partial charge in [-0.1, -0.05) is 43.0 Å². The van der Waals surface area contributed by atoms with Crippen LogP contribution in [-0.4, -0.2) is 36.8 Å². The fraction of sp³-hybridized carbons (Fsp3) is 0.611. The minimum absolute atomic E-state index is 0.0959. The summed E-state index contributed by atoms with van der Waals surface area (Å²) in [5.74, 6) is 0.198. The molecule has 0 aromatic heterocycles. The number of β-amino-alcohol motifs (C(OH)–C–C–N with tert-alkyl or cyclic N) is 1. The first-order chi connectivity index (χ1) is 11.1. The van der Waals surface area contributed by atoms with E-state index in [0.29, 0.717) is 18.1 Å². The van der Waals surface area contributed by atoms with Gasteiger partial charge in [0.1, 0.15) is 0 Å². The van der Waals surface area contributed by atoms with Crippen LogP contribution in [0.2, 0.25) is 5.02 Å². The van der Waals surface area contributed by atoms with Crippen molar-refractivity contribution in [2.75, 3.05) is 19.6 Å². The molecule has 126 valence electrons. The van der Waals surface area contributed by atoms with Crippen molar-refractivity contribution in [3.05, 3.63) is 34.9 Å². The van der Waals surface area contributed by atoms with Gasteiger partial charge in [-0.05, 0) is 30.5 Å². The Labute approximate surface area is 142 Å². The van der Waals surface area contributed by atoms with Crippen LogP contribution in [0.5, 0.6) is 0 Å². The molecule has 1 aromatic carbocycles. The molecule has 3 N–H and O–H groups in total. The van der Waals surface area contributed by atoms with Crippen molar-refractivity contribution in [2.24, 2.45) is 5.92 Å². The Kier molecular flexibility index (Phi) is 5.24. The molecule has 1 aromatic rings. The number of hydrogen-bond acceptors (Lipinski definition) is 3. The lowest BCUT2D eigenvalue weighted by Gasteiger charge is -2.36. The molecule has 23 heavy (non-hydrogen) atoms. The van der Waals surface area contributed by atoms with Crippen LogP contribution < -0.4 is 10.6 Å². The third-order valence-corrected chi connectivity index (χ3v) is 5.62. The highest BCUT2D eigenvalue weighted by molar-refractivity contribution is 6.30. The molecule has 4 nitrogen and oxygen atoms in total. The fourth-order valence-electron chi connectivity index (χ4n) is 3.89. The third-order valence-electron chi connectivity index (χ3n) is 5.37. The largest absolute Gasteiger partial charge is 0.391 e. The number of carbonyl (C=O) groups is 1. The van der Waals surface area contributed by atoms with Gasteiger partial charge in [-0.15, -0.1) is 0 Å². The van der Waals surface area contributed by atoms with Gasteiger partial charge in [0, 0.05) is 30.6 Å². The molecule has 0 radical (unpaired) electrons. The van der Waals surface area contributed by atoms with Crippen molar-refractivity contribution in [3.63, 3.8) is 0 Å². The second-order valence-electron chi connectivity index (χ2n) is 6.85. The number of hydrogen-bond donors (Lipinski definition) is 3. The molecule has 5 heteroatoms. The van der Waals surface area contributed by atoms with E-state index in [1.807, 2.05) is 24.3 Å². The average Bonchev–Trinajstić information content (AvgIpc) is 2.99. The first kappa shape index (κ1) is 16.7. The average molecular weight is 337 g/mol. The van der Waals surface area contributed by atoms with Crippen LogP contribution in [0.15, 0.2) is 24.3 Å². The van der Waals surface area contributed by atoms with Crippen LogP contribution in [0.1, 0.15) is 37.7 Å². The number of rotatable bonds is 4. The van der Waals surface area contributed by atoms with Gasteiger partial charge in [-0.3, -0.25) is 4.79 Å². The van der Waals surface area contributed by atoms with Gasteiger partial charge in [0.2, 0.25) is 5.91 Å². The van der Waals surface area contributed by atoms with E-state index in [-0.39, 0.29) is 17.9 Å². The van der Waals surface area contributed by atoms with Crippen LogP contribution in [0, 0.1) is 5.92 Å². The molecule has 2 unspecified atom stereocenters.